The number of hydrogen-bond donors (Lipinski definition) is 2. The zero-order valence-corrected chi connectivity index (χ0v) is 18.1. The number of aryl methyl sites for hydroxylation is 1. The Bertz CT molecular complexity index is 1130. The van der Waals surface area contributed by atoms with Gasteiger partial charge in [0.15, 0.2) is 11.6 Å². The summed E-state index contributed by atoms with van der Waals surface area (Å²) in [4.78, 5) is 11.5. The molecule has 1 aliphatic heterocycles. The smallest absolute Gasteiger partial charge is 0.335 e. The fourth-order valence-corrected chi connectivity index (χ4v) is 4.25. The molecule has 1 heterocycles. The van der Waals surface area contributed by atoms with Crippen LogP contribution in [0.2, 0.25) is 0 Å². The molecule has 6 heteroatoms. The molecule has 0 bridgehead atoms. The van der Waals surface area contributed by atoms with Gasteiger partial charge in [0, 0.05) is 24.6 Å². The second-order valence-electron chi connectivity index (χ2n) is 8.04. The van der Waals surface area contributed by atoms with Gasteiger partial charge in [-0.15, -0.1) is 0 Å². The molecule has 4 rings (SSSR count). The molecule has 0 fully saturated rings. The van der Waals surface area contributed by atoms with Crippen LogP contribution in [0.3, 0.4) is 0 Å². The summed E-state index contributed by atoms with van der Waals surface area (Å²) in [6.45, 7) is 3.16. The second-order valence-corrected chi connectivity index (χ2v) is 8.04. The van der Waals surface area contributed by atoms with Gasteiger partial charge in [-0.25, -0.2) is 9.18 Å². The third-order valence-corrected chi connectivity index (χ3v) is 5.90. The maximum absolute atomic E-state index is 13.6. The molecule has 2 N–H and O–H groups in total. The van der Waals surface area contributed by atoms with Crippen molar-refractivity contribution in [2.24, 2.45) is 0 Å². The molecular weight excluding hydrogens is 409 g/mol. The van der Waals surface area contributed by atoms with Crippen molar-refractivity contribution in [3.63, 3.8) is 0 Å². The normalized spacial score (nSPS) is 17.3. The Morgan fingerprint density at radius 3 is 2.75 bits per heavy atom. The minimum absolute atomic E-state index is 0.0389. The van der Waals surface area contributed by atoms with Gasteiger partial charge in [-0.3, -0.25) is 0 Å². The van der Waals surface area contributed by atoms with Gasteiger partial charge >= 0.3 is 5.97 Å². The topological polar surface area (TPSA) is 67.8 Å². The van der Waals surface area contributed by atoms with E-state index in [1.807, 2.05) is 37.3 Å². The fourth-order valence-electron chi connectivity index (χ4n) is 4.25. The second kappa shape index (κ2) is 9.40. The number of methoxy groups -OCH3 is 1. The molecule has 2 unspecified atom stereocenters. The van der Waals surface area contributed by atoms with E-state index < -0.39 is 5.97 Å². The molecular formula is C26H26FNO4. The van der Waals surface area contributed by atoms with Crippen molar-refractivity contribution < 1.29 is 23.8 Å². The van der Waals surface area contributed by atoms with Crippen molar-refractivity contribution in [3.05, 3.63) is 94.3 Å². The highest BCUT2D eigenvalue weighted by Gasteiger charge is 2.30. The predicted octanol–water partition coefficient (Wildman–Crippen LogP) is 4.91. The van der Waals surface area contributed by atoms with E-state index in [0.29, 0.717) is 13.1 Å². The van der Waals surface area contributed by atoms with E-state index in [4.69, 9.17) is 9.47 Å². The van der Waals surface area contributed by atoms with E-state index in [2.05, 4.69) is 5.32 Å². The van der Waals surface area contributed by atoms with Gasteiger partial charge in [-0.1, -0.05) is 30.3 Å². The lowest BCUT2D eigenvalue weighted by Gasteiger charge is -2.33. The number of carbonyl (C=O) groups is 1. The zero-order chi connectivity index (χ0) is 22.7. The van der Waals surface area contributed by atoms with Crippen molar-refractivity contribution in [1.29, 1.82) is 0 Å². The average molecular weight is 435 g/mol. The molecule has 3 aromatic rings. The molecule has 1 aliphatic rings. The lowest BCUT2D eigenvalue weighted by molar-refractivity contribution is 0.0696. The third-order valence-electron chi connectivity index (χ3n) is 5.90. The Balaban J connectivity index is 1.53. The average Bonchev–Trinajstić information content (AvgIpc) is 2.80. The number of aromatic carboxylic acids is 1. The highest BCUT2D eigenvalue weighted by atomic mass is 19.1. The summed E-state index contributed by atoms with van der Waals surface area (Å²) in [5.41, 5.74) is 4.34. The van der Waals surface area contributed by atoms with Crippen LogP contribution in [0.15, 0.2) is 60.7 Å². The van der Waals surface area contributed by atoms with Crippen LogP contribution in [0.25, 0.3) is 0 Å². The zero-order valence-electron chi connectivity index (χ0n) is 18.1. The molecule has 0 spiro atoms. The van der Waals surface area contributed by atoms with E-state index in [0.717, 1.165) is 34.4 Å². The maximum atomic E-state index is 13.6. The largest absolute Gasteiger partial charge is 0.494 e. The Kier molecular flexibility index (Phi) is 6.42. The van der Waals surface area contributed by atoms with Crippen molar-refractivity contribution >= 4 is 5.97 Å². The molecule has 166 valence electrons. The van der Waals surface area contributed by atoms with Gasteiger partial charge in [0.05, 0.1) is 12.7 Å². The Morgan fingerprint density at radius 2 is 1.97 bits per heavy atom. The van der Waals surface area contributed by atoms with Crippen LogP contribution < -0.4 is 14.8 Å². The minimum Gasteiger partial charge on any atom is -0.494 e. The number of benzene rings is 3. The van der Waals surface area contributed by atoms with E-state index in [1.165, 1.54) is 13.2 Å². The van der Waals surface area contributed by atoms with Crippen molar-refractivity contribution in [2.45, 2.75) is 31.9 Å². The van der Waals surface area contributed by atoms with E-state index in [9.17, 15) is 14.3 Å². The van der Waals surface area contributed by atoms with Crippen LogP contribution in [0.1, 0.15) is 45.0 Å². The summed E-state index contributed by atoms with van der Waals surface area (Å²) < 4.78 is 24.9. The molecule has 32 heavy (non-hydrogen) atoms. The fraction of sp³-hybridized carbons (Fsp3) is 0.269. The number of nitrogens with one attached hydrogen (secondary N) is 1. The number of rotatable bonds is 7. The number of halogens is 1. The van der Waals surface area contributed by atoms with Gasteiger partial charge in [0.2, 0.25) is 0 Å². The highest BCUT2D eigenvalue weighted by molar-refractivity contribution is 5.88. The van der Waals surface area contributed by atoms with Gasteiger partial charge < -0.3 is 19.9 Å². The van der Waals surface area contributed by atoms with Crippen molar-refractivity contribution in [3.8, 4) is 11.5 Å². The summed E-state index contributed by atoms with van der Waals surface area (Å²) in [6, 6.07) is 18.0. The lowest BCUT2D eigenvalue weighted by atomic mass is 9.81. The molecule has 0 aliphatic carbocycles. The number of fused-ring (bicyclic) bond motifs is 1. The van der Waals surface area contributed by atoms with Crippen LogP contribution in [0, 0.1) is 12.7 Å². The van der Waals surface area contributed by atoms with E-state index in [1.54, 1.807) is 24.3 Å². The molecule has 0 amide bonds. The molecule has 0 saturated heterocycles. The van der Waals surface area contributed by atoms with Gasteiger partial charge in [0.25, 0.3) is 0 Å². The van der Waals surface area contributed by atoms with Crippen LogP contribution in [-0.4, -0.2) is 30.8 Å². The number of para-hydroxylation sites is 1. The maximum Gasteiger partial charge on any atom is 0.335 e. The quantitative estimate of drug-likeness (QED) is 0.552. The number of hydrogen-bond acceptors (Lipinski definition) is 4. The Morgan fingerprint density at radius 1 is 1.16 bits per heavy atom. The standard InChI is InChI=1S/C26H26FNO4/c1-16-7-9-18(26(29)30)12-21(16)22-13-19(32-24-6-4-3-5-20(22)24)15-28-14-17-8-10-23(27)25(11-17)31-2/h3-12,19,22,28H,13-15H2,1-2H3,(H,29,30). The van der Waals surface area contributed by atoms with E-state index >= 15 is 0 Å². The first kappa shape index (κ1) is 21.8. The molecule has 0 saturated carbocycles. The summed E-state index contributed by atoms with van der Waals surface area (Å²) in [5.74, 6) is -0.234. The van der Waals surface area contributed by atoms with Crippen LogP contribution in [0.4, 0.5) is 4.39 Å². The molecule has 2 atom stereocenters. The van der Waals surface area contributed by atoms with E-state index in [-0.39, 0.29) is 29.2 Å². The number of carboxylic acids is 1. The predicted molar refractivity (Wildman–Crippen MR) is 120 cm³/mol. The number of ether oxygens (including phenoxy) is 2. The third kappa shape index (κ3) is 4.60. The minimum atomic E-state index is -0.931. The Hall–Kier alpha value is -3.38. The van der Waals surface area contributed by atoms with Crippen LogP contribution in [-0.2, 0) is 6.54 Å². The van der Waals surface area contributed by atoms with Gasteiger partial charge in [-0.05, 0) is 60.4 Å². The lowest BCUT2D eigenvalue weighted by Crippen LogP contribution is -2.35. The summed E-state index contributed by atoms with van der Waals surface area (Å²) in [5, 5.41) is 12.8. The van der Waals surface area contributed by atoms with Gasteiger partial charge in [0.1, 0.15) is 11.9 Å². The molecule has 0 radical (unpaired) electrons. The SMILES string of the molecule is COc1cc(CNCC2CC(c3cc(C(=O)O)ccc3C)c3ccccc3O2)ccc1F. The first-order valence-corrected chi connectivity index (χ1v) is 10.6. The highest BCUT2D eigenvalue weighted by Crippen LogP contribution is 2.41. The molecule has 3 aromatic carbocycles. The number of carboxylic acid groups (broad SMARTS) is 1. The Labute approximate surface area is 186 Å². The summed E-state index contributed by atoms with van der Waals surface area (Å²) in [7, 11) is 1.45. The van der Waals surface area contributed by atoms with Gasteiger partial charge in [-0.2, -0.15) is 0 Å². The van der Waals surface area contributed by atoms with Crippen LogP contribution in [0.5, 0.6) is 11.5 Å². The van der Waals surface area contributed by atoms with Crippen LogP contribution >= 0.6 is 0 Å². The first-order chi connectivity index (χ1) is 15.5. The van der Waals surface area contributed by atoms with Crippen molar-refractivity contribution in [1.82, 2.24) is 5.32 Å². The van der Waals surface area contributed by atoms with Crippen molar-refractivity contribution in [2.75, 3.05) is 13.7 Å². The molecule has 0 aromatic heterocycles. The molecule has 5 nitrogen and oxygen atoms in total. The monoisotopic (exact) mass is 435 g/mol. The summed E-state index contributed by atoms with van der Waals surface area (Å²) in [6.07, 6.45) is 0.630. The first-order valence-electron chi connectivity index (χ1n) is 10.6. The summed E-state index contributed by atoms with van der Waals surface area (Å²) >= 11 is 0.